The van der Waals surface area contributed by atoms with Crippen LogP contribution >= 0.6 is 0 Å². The number of hydrogen-bond acceptors (Lipinski definition) is 3. The summed E-state index contributed by atoms with van der Waals surface area (Å²) in [5, 5.41) is 13.0. The number of aliphatic hydroxyl groups is 1. The van der Waals surface area contributed by atoms with Gasteiger partial charge in [-0.25, -0.2) is 0 Å². The van der Waals surface area contributed by atoms with Crippen LogP contribution in [-0.4, -0.2) is 36.0 Å². The number of nitrogens with one attached hydrogen (secondary N) is 1. The van der Waals surface area contributed by atoms with Crippen LogP contribution in [0.5, 0.6) is 0 Å². The second kappa shape index (κ2) is 4.87. The van der Waals surface area contributed by atoms with Crippen LogP contribution in [0.3, 0.4) is 0 Å². The van der Waals surface area contributed by atoms with Crippen molar-refractivity contribution in [1.82, 2.24) is 5.32 Å². The van der Waals surface area contributed by atoms with Gasteiger partial charge in [-0.1, -0.05) is 12.8 Å². The first-order valence-corrected chi connectivity index (χ1v) is 7.31. The molecule has 3 aliphatic rings. The third-order valence-electron chi connectivity index (χ3n) is 4.91. The molecular weight excluding hydrogens is 214 g/mol. The molecule has 0 aromatic rings. The Morgan fingerprint density at radius 2 is 2.00 bits per heavy atom. The maximum Gasteiger partial charge on any atom is 0.0697 e. The predicted octanol–water partition coefficient (Wildman–Crippen LogP) is 1.84. The van der Waals surface area contributed by atoms with E-state index >= 15 is 0 Å². The minimum Gasteiger partial charge on any atom is -0.393 e. The largest absolute Gasteiger partial charge is 0.393 e. The van der Waals surface area contributed by atoms with E-state index in [0.717, 1.165) is 32.4 Å². The Hall–Kier alpha value is -0.120. The molecule has 2 aliphatic carbocycles. The summed E-state index contributed by atoms with van der Waals surface area (Å²) in [5.41, 5.74) is 0.231. The molecule has 1 spiro atoms. The molecule has 0 radical (unpaired) electrons. The maximum atomic E-state index is 9.27. The highest BCUT2D eigenvalue weighted by atomic mass is 16.5. The Balaban J connectivity index is 1.44. The van der Waals surface area contributed by atoms with Gasteiger partial charge < -0.3 is 15.2 Å². The highest BCUT2D eigenvalue weighted by Crippen LogP contribution is 2.40. The van der Waals surface area contributed by atoms with Crippen molar-refractivity contribution in [3.05, 3.63) is 0 Å². The fourth-order valence-corrected chi connectivity index (χ4v) is 3.77. The lowest BCUT2D eigenvalue weighted by atomic mass is 9.82. The number of rotatable bonds is 3. The van der Waals surface area contributed by atoms with Gasteiger partial charge in [-0.05, 0) is 51.0 Å². The molecule has 0 aromatic heterocycles. The third-order valence-corrected chi connectivity index (χ3v) is 4.91. The quantitative estimate of drug-likeness (QED) is 0.789. The minimum atomic E-state index is -0.0161. The summed E-state index contributed by atoms with van der Waals surface area (Å²) in [7, 11) is 0. The highest BCUT2D eigenvalue weighted by Gasteiger charge is 2.40. The molecule has 1 saturated heterocycles. The Bertz CT molecular complexity index is 257. The van der Waals surface area contributed by atoms with Crippen LogP contribution in [0.25, 0.3) is 0 Å². The Labute approximate surface area is 104 Å². The van der Waals surface area contributed by atoms with Crippen molar-refractivity contribution in [2.75, 3.05) is 13.2 Å². The summed E-state index contributed by atoms with van der Waals surface area (Å²) in [6.07, 6.45) is 9.60. The molecule has 1 atom stereocenters. The zero-order chi connectivity index (χ0) is 11.7. The van der Waals surface area contributed by atoms with Crippen molar-refractivity contribution in [2.45, 2.75) is 69.1 Å². The molecule has 3 heteroatoms. The van der Waals surface area contributed by atoms with Gasteiger partial charge in [-0.3, -0.25) is 0 Å². The van der Waals surface area contributed by atoms with E-state index in [2.05, 4.69) is 5.32 Å². The SMILES string of the molecule is OC1CC(CNC2CCOC3(CCCC3)C2)C1. The van der Waals surface area contributed by atoms with Gasteiger partial charge >= 0.3 is 0 Å². The van der Waals surface area contributed by atoms with Crippen molar-refractivity contribution < 1.29 is 9.84 Å². The van der Waals surface area contributed by atoms with Crippen LogP contribution in [0.15, 0.2) is 0 Å². The van der Waals surface area contributed by atoms with Gasteiger partial charge in [-0.15, -0.1) is 0 Å². The van der Waals surface area contributed by atoms with E-state index in [1.165, 1.54) is 32.1 Å². The van der Waals surface area contributed by atoms with E-state index < -0.39 is 0 Å². The molecule has 0 aromatic carbocycles. The Morgan fingerprint density at radius 3 is 2.71 bits per heavy atom. The van der Waals surface area contributed by atoms with Crippen LogP contribution in [0.4, 0.5) is 0 Å². The molecule has 1 unspecified atom stereocenters. The van der Waals surface area contributed by atoms with Crippen molar-refractivity contribution in [3.8, 4) is 0 Å². The fraction of sp³-hybridized carbons (Fsp3) is 1.00. The fourth-order valence-electron chi connectivity index (χ4n) is 3.77. The lowest BCUT2D eigenvalue weighted by Crippen LogP contribution is -2.48. The van der Waals surface area contributed by atoms with Crippen molar-refractivity contribution in [1.29, 1.82) is 0 Å². The standard InChI is InChI=1S/C14H25NO2/c16-13-7-11(8-13)10-15-12-3-6-17-14(9-12)4-1-2-5-14/h11-13,15-16H,1-10H2. The van der Waals surface area contributed by atoms with Gasteiger partial charge in [0.2, 0.25) is 0 Å². The monoisotopic (exact) mass is 239 g/mol. The summed E-state index contributed by atoms with van der Waals surface area (Å²) >= 11 is 0. The molecule has 0 bridgehead atoms. The molecule has 17 heavy (non-hydrogen) atoms. The molecule has 0 amide bonds. The van der Waals surface area contributed by atoms with E-state index in [0.29, 0.717) is 12.0 Å². The number of hydrogen-bond donors (Lipinski definition) is 2. The van der Waals surface area contributed by atoms with Crippen molar-refractivity contribution in [2.24, 2.45) is 5.92 Å². The molecule has 3 fully saturated rings. The van der Waals surface area contributed by atoms with Crippen LogP contribution < -0.4 is 5.32 Å². The van der Waals surface area contributed by atoms with Crippen LogP contribution in [-0.2, 0) is 4.74 Å². The zero-order valence-electron chi connectivity index (χ0n) is 10.7. The van der Waals surface area contributed by atoms with E-state index in [1.54, 1.807) is 0 Å². The predicted molar refractivity (Wildman–Crippen MR) is 66.9 cm³/mol. The summed E-state index contributed by atoms with van der Waals surface area (Å²) in [5.74, 6) is 0.715. The second-order valence-electron chi connectivity index (χ2n) is 6.33. The molecule has 3 rings (SSSR count). The number of aliphatic hydroxyl groups excluding tert-OH is 1. The first kappa shape index (κ1) is 11.9. The van der Waals surface area contributed by atoms with Crippen molar-refractivity contribution >= 4 is 0 Å². The minimum absolute atomic E-state index is 0.0161. The summed E-state index contributed by atoms with van der Waals surface area (Å²) in [4.78, 5) is 0. The second-order valence-corrected chi connectivity index (χ2v) is 6.33. The summed E-state index contributed by atoms with van der Waals surface area (Å²) < 4.78 is 6.04. The molecule has 3 nitrogen and oxygen atoms in total. The summed E-state index contributed by atoms with van der Waals surface area (Å²) in [6.45, 7) is 2.03. The van der Waals surface area contributed by atoms with E-state index in [9.17, 15) is 5.11 Å². The van der Waals surface area contributed by atoms with Crippen LogP contribution in [0, 0.1) is 5.92 Å². The topological polar surface area (TPSA) is 41.5 Å². The molecule has 1 aliphatic heterocycles. The third kappa shape index (κ3) is 2.67. The van der Waals surface area contributed by atoms with Gasteiger partial charge in [0.25, 0.3) is 0 Å². The summed E-state index contributed by atoms with van der Waals surface area (Å²) in [6, 6.07) is 0.652. The maximum absolute atomic E-state index is 9.27. The van der Waals surface area contributed by atoms with E-state index in [1.807, 2.05) is 0 Å². The van der Waals surface area contributed by atoms with Crippen LogP contribution in [0.2, 0.25) is 0 Å². The first-order valence-electron chi connectivity index (χ1n) is 7.31. The van der Waals surface area contributed by atoms with Gasteiger partial charge in [-0.2, -0.15) is 0 Å². The molecular formula is C14H25NO2. The van der Waals surface area contributed by atoms with E-state index in [4.69, 9.17) is 4.74 Å². The van der Waals surface area contributed by atoms with Crippen LogP contribution in [0.1, 0.15) is 51.4 Å². The average Bonchev–Trinajstić information content (AvgIpc) is 2.71. The Morgan fingerprint density at radius 1 is 1.24 bits per heavy atom. The van der Waals surface area contributed by atoms with Crippen molar-refractivity contribution in [3.63, 3.8) is 0 Å². The molecule has 98 valence electrons. The zero-order valence-corrected chi connectivity index (χ0v) is 10.7. The van der Waals surface area contributed by atoms with Gasteiger partial charge in [0.05, 0.1) is 11.7 Å². The lowest BCUT2D eigenvalue weighted by Gasteiger charge is -2.40. The molecule has 2 N–H and O–H groups in total. The Kier molecular flexibility index (Phi) is 3.42. The van der Waals surface area contributed by atoms with Gasteiger partial charge in [0.1, 0.15) is 0 Å². The molecule has 2 saturated carbocycles. The van der Waals surface area contributed by atoms with Gasteiger partial charge in [0, 0.05) is 12.6 Å². The lowest BCUT2D eigenvalue weighted by molar-refractivity contribution is -0.0847. The molecule has 1 heterocycles. The number of ether oxygens (including phenoxy) is 1. The van der Waals surface area contributed by atoms with Gasteiger partial charge in [0.15, 0.2) is 0 Å². The first-order chi connectivity index (χ1) is 8.26. The highest BCUT2D eigenvalue weighted by molar-refractivity contribution is 4.94. The van der Waals surface area contributed by atoms with E-state index in [-0.39, 0.29) is 11.7 Å². The normalized spacial score (nSPS) is 40.4. The average molecular weight is 239 g/mol. The smallest absolute Gasteiger partial charge is 0.0697 e.